The van der Waals surface area contributed by atoms with Crippen molar-refractivity contribution in [1.82, 2.24) is 0 Å². The number of carbonyl (C=O) groups is 2. The molecule has 0 bridgehead atoms. The summed E-state index contributed by atoms with van der Waals surface area (Å²) in [6.07, 6.45) is 0. The minimum atomic E-state index is -0.698. The number of methoxy groups -OCH3 is 1. The van der Waals surface area contributed by atoms with Crippen molar-refractivity contribution < 1.29 is 14.3 Å². The van der Waals surface area contributed by atoms with Crippen LogP contribution in [-0.4, -0.2) is 36.5 Å². The standard InChI is InChI=1S/C15H22N2O3S/c1-10(2)11-6-4-5-7-13(11)17-14(18)9-21-8-12(16)15(19)20-3/h4-7,10,12H,8-9,16H2,1-3H3,(H,17,18). The second-order valence-electron chi connectivity index (χ2n) is 4.93. The van der Waals surface area contributed by atoms with Crippen molar-refractivity contribution in [2.45, 2.75) is 25.8 Å². The van der Waals surface area contributed by atoms with Crippen LogP contribution in [0.2, 0.25) is 0 Å². The highest BCUT2D eigenvalue weighted by Gasteiger charge is 2.15. The van der Waals surface area contributed by atoms with Gasteiger partial charge in [-0.05, 0) is 17.5 Å². The molecule has 1 rings (SSSR count). The molecule has 0 aliphatic heterocycles. The van der Waals surface area contributed by atoms with Crippen LogP contribution in [-0.2, 0) is 14.3 Å². The van der Waals surface area contributed by atoms with Gasteiger partial charge in [0.1, 0.15) is 6.04 Å². The highest BCUT2D eigenvalue weighted by Crippen LogP contribution is 2.23. The van der Waals surface area contributed by atoms with E-state index >= 15 is 0 Å². The van der Waals surface area contributed by atoms with Crippen LogP contribution in [0.4, 0.5) is 5.69 Å². The maximum absolute atomic E-state index is 11.9. The number of ether oxygens (including phenoxy) is 1. The number of benzene rings is 1. The second kappa shape index (κ2) is 8.69. The maximum Gasteiger partial charge on any atom is 0.323 e. The van der Waals surface area contributed by atoms with Gasteiger partial charge >= 0.3 is 5.97 Å². The molecule has 0 heterocycles. The Hall–Kier alpha value is -1.53. The summed E-state index contributed by atoms with van der Waals surface area (Å²) in [5, 5.41) is 2.89. The van der Waals surface area contributed by atoms with Crippen molar-refractivity contribution in [2.75, 3.05) is 23.9 Å². The molecule has 0 aliphatic carbocycles. The lowest BCUT2D eigenvalue weighted by atomic mass is 10.0. The Morgan fingerprint density at radius 1 is 1.33 bits per heavy atom. The number of amides is 1. The number of esters is 1. The first-order valence-electron chi connectivity index (χ1n) is 6.75. The van der Waals surface area contributed by atoms with Crippen LogP contribution in [0.15, 0.2) is 24.3 Å². The Morgan fingerprint density at radius 2 is 2.00 bits per heavy atom. The molecule has 3 N–H and O–H groups in total. The van der Waals surface area contributed by atoms with Gasteiger partial charge in [-0.15, -0.1) is 11.8 Å². The molecule has 1 atom stereocenters. The van der Waals surface area contributed by atoms with Crippen LogP contribution in [0.5, 0.6) is 0 Å². The zero-order chi connectivity index (χ0) is 15.8. The van der Waals surface area contributed by atoms with E-state index in [2.05, 4.69) is 23.9 Å². The van der Waals surface area contributed by atoms with Crippen LogP contribution >= 0.6 is 11.8 Å². The van der Waals surface area contributed by atoms with Crippen molar-refractivity contribution in [3.05, 3.63) is 29.8 Å². The highest BCUT2D eigenvalue weighted by molar-refractivity contribution is 8.00. The van der Waals surface area contributed by atoms with Crippen molar-refractivity contribution in [3.63, 3.8) is 0 Å². The Labute approximate surface area is 129 Å². The number of anilines is 1. The number of rotatable bonds is 7. The minimum absolute atomic E-state index is 0.106. The predicted molar refractivity (Wildman–Crippen MR) is 86.5 cm³/mol. The number of nitrogens with one attached hydrogen (secondary N) is 1. The topological polar surface area (TPSA) is 81.4 Å². The van der Waals surface area contributed by atoms with Crippen LogP contribution in [0.25, 0.3) is 0 Å². The summed E-state index contributed by atoms with van der Waals surface area (Å²) in [5.74, 6) is 0.364. The molecule has 0 radical (unpaired) electrons. The number of hydrogen-bond donors (Lipinski definition) is 2. The van der Waals surface area contributed by atoms with Gasteiger partial charge < -0.3 is 15.8 Å². The van der Waals surface area contributed by atoms with E-state index < -0.39 is 12.0 Å². The molecule has 6 heteroatoms. The molecule has 0 fully saturated rings. The first-order valence-corrected chi connectivity index (χ1v) is 7.91. The van der Waals surface area contributed by atoms with E-state index in [1.807, 2.05) is 24.3 Å². The number of thioether (sulfide) groups is 1. The van der Waals surface area contributed by atoms with Gasteiger partial charge in [-0.2, -0.15) is 0 Å². The van der Waals surface area contributed by atoms with Crippen molar-refractivity contribution in [2.24, 2.45) is 5.73 Å². The van der Waals surface area contributed by atoms with Gasteiger partial charge in [0, 0.05) is 11.4 Å². The molecule has 1 amide bonds. The van der Waals surface area contributed by atoms with E-state index in [0.29, 0.717) is 11.7 Å². The molecule has 1 unspecified atom stereocenters. The quantitative estimate of drug-likeness (QED) is 0.753. The Kier molecular flexibility index (Phi) is 7.25. The number of para-hydroxylation sites is 1. The van der Waals surface area contributed by atoms with Crippen molar-refractivity contribution in [1.29, 1.82) is 0 Å². The van der Waals surface area contributed by atoms with E-state index in [9.17, 15) is 9.59 Å². The summed E-state index contributed by atoms with van der Waals surface area (Å²) in [4.78, 5) is 23.1. The molecule has 0 spiro atoms. The first kappa shape index (κ1) is 17.5. The SMILES string of the molecule is COC(=O)C(N)CSCC(=O)Nc1ccccc1C(C)C. The molecule has 1 aromatic carbocycles. The zero-order valence-corrected chi connectivity index (χ0v) is 13.4. The molecule has 0 saturated heterocycles. The summed E-state index contributed by atoms with van der Waals surface area (Å²) in [7, 11) is 1.29. The lowest BCUT2D eigenvalue weighted by Gasteiger charge is -2.14. The van der Waals surface area contributed by atoms with E-state index in [1.165, 1.54) is 18.9 Å². The molecule has 21 heavy (non-hydrogen) atoms. The lowest BCUT2D eigenvalue weighted by Crippen LogP contribution is -2.34. The van der Waals surface area contributed by atoms with Gasteiger partial charge in [0.05, 0.1) is 12.9 Å². The average Bonchev–Trinajstić information content (AvgIpc) is 2.46. The third-order valence-electron chi connectivity index (χ3n) is 2.89. The van der Waals surface area contributed by atoms with Crippen LogP contribution in [0.3, 0.4) is 0 Å². The fourth-order valence-corrected chi connectivity index (χ4v) is 2.56. The lowest BCUT2D eigenvalue weighted by molar-refractivity contribution is -0.141. The molecule has 0 aromatic heterocycles. The number of hydrogen-bond acceptors (Lipinski definition) is 5. The molecular weight excluding hydrogens is 288 g/mol. The van der Waals surface area contributed by atoms with Gasteiger partial charge in [0.2, 0.25) is 5.91 Å². The summed E-state index contributed by atoms with van der Waals surface area (Å²) in [5.41, 5.74) is 7.53. The van der Waals surface area contributed by atoms with Crippen LogP contribution in [0.1, 0.15) is 25.3 Å². The van der Waals surface area contributed by atoms with Crippen molar-refractivity contribution in [3.8, 4) is 0 Å². The summed E-state index contributed by atoms with van der Waals surface area (Å²) < 4.78 is 4.53. The third-order valence-corrected chi connectivity index (χ3v) is 3.95. The van der Waals surface area contributed by atoms with Gasteiger partial charge in [0.25, 0.3) is 0 Å². The maximum atomic E-state index is 11.9. The Bertz CT molecular complexity index is 492. The summed E-state index contributed by atoms with van der Waals surface area (Å²) >= 11 is 1.31. The van der Waals surface area contributed by atoms with Gasteiger partial charge in [0.15, 0.2) is 0 Å². The van der Waals surface area contributed by atoms with E-state index in [0.717, 1.165) is 11.3 Å². The molecule has 0 saturated carbocycles. The molecular formula is C15H22N2O3S. The monoisotopic (exact) mass is 310 g/mol. The van der Waals surface area contributed by atoms with Gasteiger partial charge in [-0.25, -0.2) is 0 Å². The smallest absolute Gasteiger partial charge is 0.323 e. The average molecular weight is 310 g/mol. The fourth-order valence-electron chi connectivity index (χ4n) is 1.80. The molecule has 5 nitrogen and oxygen atoms in total. The van der Waals surface area contributed by atoms with Gasteiger partial charge in [-0.1, -0.05) is 32.0 Å². The molecule has 1 aromatic rings. The van der Waals surface area contributed by atoms with E-state index in [1.54, 1.807) is 0 Å². The summed E-state index contributed by atoms with van der Waals surface area (Å²) in [6, 6.07) is 7.03. The van der Waals surface area contributed by atoms with Crippen LogP contribution in [0, 0.1) is 0 Å². The minimum Gasteiger partial charge on any atom is -0.468 e. The fraction of sp³-hybridized carbons (Fsp3) is 0.467. The Balaban J connectivity index is 2.46. The first-order chi connectivity index (χ1) is 9.95. The molecule has 116 valence electrons. The van der Waals surface area contributed by atoms with E-state index in [-0.39, 0.29) is 11.7 Å². The number of carbonyl (C=O) groups excluding carboxylic acids is 2. The van der Waals surface area contributed by atoms with Crippen molar-refractivity contribution >= 4 is 29.3 Å². The Morgan fingerprint density at radius 3 is 2.62 bits per heavy atom. The third kappa shape index (κ3) is 5.77. The van der Waals surface area contributed by atoms with E-state index in [4.69, 9.17) is 5.73 Å². The second-order valence-corrected chi connectivity index (χ2v) is 5.97. The van der Waals surface area contributed by atoms with Crippen LogP contribution < -0.4 is 11.1 Å². The summed E-state index contributed by atoms with van der Waals surface area (Å²) in [6.45, 7) is 4.16. The zero-order valence-electron chi connectivity index (χ0n) is 12.6. The van der Waals surface area contributed by atoms with Gasteiger partial charge in [-0.3, -0.25) is 9.59 Å². The largest absolute Gasteiger partial charge is 0.468 e. The number of nitrogens with two attached hydrogens (primary N) is 1. The normalized spacial score (nSPS) is 12.0. The highest BCUT2D eigenvalue weighted by atomic mass is 32.2. The molecule has 0 aliphatic rings. The predicted octanol–water partition coefficient (Wildman–Crippen LogP) is 1.98.